The van der Waals surface area contributed by atoms with Gasteiger partial charge in [0.1, 0.15) is 29.8 Å². The molecule has 0 saturated carbocycles. The minimum absolute atomic E-state index is 0.0341. The first-order chi connectivity index (χ1) is 18.9. The zero-order valence-corrected chi connectivity index (χ0v) is 23.2. The lowest BCUT2D eigenvalue weighted by atomic mass is 9.81. The Kier molecular flexibility index (Phi) is 7.78. The van der Waals surface area contributed by atoms with Crippen LogP contribution in [0.15, 0.2) is 95.3 Å². The van der Waals surface area contributed by atoms with Gasteiger partial charge < -0.3 is 19.8 Å². The Morgan fingerprint density at radius 3 is 2.27 bits per heavy atom. The summed E-state index contributed by atoms with van der Waals surface area (Å²) in [5, 5.41) is 29.6. The summed E-state index contributed by atoms with van der Waals surface area (Å²) in [5.74, 6) is -0.226. The number of nitriles is 1. The molecule has 1 aliphatic carbocycles. The number of nitrogens with zero attached hydrogens (tertiary/aromatic N) is 3. The number of carbonyl (C=O) groups excluding carboxylic acids is 1. The molecule has 8 nitrogen and oxygen atoms in total. The average Bonchev–Trinajstić information content (AvgIpc) is 2.93. The maximum atomic E-state index is 13.2. The molecule has 2 N–H and O–H groups in total. The zero-order valence-electron chi connectivity index (χ0n) is 23.2. The molecule has 1 aromatic heterocycles. The number of carboxylic acid groups (broad SMARTS) is 1. The van der Waals surface area contributed by atoms with E-state index < -0.39 is 11.8 Å². The third-order valence-electron chi connectivity index (χ3n) is 6.62. The van der Waals surface area contributed by atoms with Crippen LogP contribution in [0.1, 0.15) is 38.3 Å². The molecule has 0 spiro atoms. The second-order valence-electron chi connectivity index (χ2n) is 10.9. The highest BCUT2D eigenvalue weighted by molar-refractivity contribution is 6.25. The molecule has 1 aliphatic heterocycles. The number of ketones is 1. The molecular formula is C32H32N3O5+. The molecule has 0 fully saturated rings. The van der Waals surface area contributed by atoms with E-state index in [1.165, 1.54) is 0 Å². The topological polar surface area (TPSA) is 115 Å². The highest BCUT2D eigenvalue weighted by Crippen LogP contribution is 2.39. The number of hydrogen-bond donors (Lipinski definition) is 2. The zero-order chi connectivity index (χ0) is 29.2. The Balaban J connectivity index is 1.70. The number of hydrogen-bond acceptors (Lipinski definition) is 6. The summed E-state index contributed by atoms with van der Waals surface area (Å²) >= 11 is 0. The Bertz CT molecular complexity index is 1560. The lowest BCUT2D eigenvalue weighted by Crippen LogP contribution is -2.33. The van der Waals surface area contributed by atoms with Gasteiger partial charge in [0.15, 0.2) is 18.9 Å². The summed E-state index contributed by atoms with van der Waals surface area (Å²) in [7, 11) is 3.94. The van der Waals surface area contributed by atoms with E-state index in [2.05, 4.69) is 0 Å². The maximum absolute atomic E-state index is 13.2. The van der Waals surface area contributed by atoms with Crippen LogP contribution in [-0.2, 0) is 20.9 Å². The summed E-state index contributed by atoms with van der Waals surface area (Å²) in [6.45, 7) is 6.38. The lowest BCUT2D eigenvalue weighted by molar-refractivity contribution is -0.696. The van der Waals surface area contributed by atoms with Crippen molar-refractivity contribution in [1.82, 2.24) is 0 Å². The number of allylic oxidation sites excluding steroid dienone is 8. The molecule has 1 aromatic carbocycles. The number of pyridine rings is 1. The molecule has 0 unspecified atom stereocenters. The van der Waals surface area contributed by atoms with Crippen molar-refractivity contribution in [2.24, 2.45) is 5.41 Å². The molecule has 0 atom stereocenters. The minimum Gasteiger partial charge on any atom is -0.506 e. The second-order valence-corrected chi connectivity index (χ2v) is 10.9. The van der Waals surface area contributed by atoms with Crippen LogP contribution < -0.4 is 9.47 Å². The number of ether oxygens (including phenoxy) is 1. The standard InChI is InChI=1S/C32H31N3O5/c1-32(2,3)27-18-20(17-26(40-27)22-6-8-23(9-7-22)34(4)5)16-24-30(38)29(31(24)39)25(19-33)21-10-13-35(14-11-21)15-12-28(36)37/h6-11,13-14,16-18H,12,15H2,1-5H3,(H-,36,37,38,39)/p+1. The van der Waals surface area contributed by atoms with Gasteiger partial charge in [-0.2, -0.15) is 5.26 Å². The van der Waals surface area contributed by atoms with E-state index in [1.54, 1.807) is 35.2 Å². The fourth-order valence-electron chi connectivity index (χ4n) is 4.26. The van der Waals surface area contributed by atoms with Crippen molar-refractivity contribution < 1.29 is 29.1 Å². The van der Waals surface area contributed by atoms with Gasteiger partial charge in [0.2, 0.25) is 5.78 Å². The molecule has 0 amide bonds. The van der Waals surface area contributed by atoms with Crippen LogP contribution in [0, 0.1) is 16.7 Å². The minimum atomic E-state index is -0.911. The fourth-order valence-corrected chi connectivity index (χ4v) is 4.26. The van der Waals surface area contributed by atoms with Gasteiger partial charge in [0.25, 0.3) is 0 Å². The van der Waals surface area contributed by atoms with E-state index in [-0.39, 0.29) is 40.9 Å². The quantitative estimate of drug-likeness (QED) is 0.286. The number of aliphatic hydroxyl groups excluding tert-OH is 1. The van der Waals surface area contributed by atoms with Crippen LogP contribution in [0.3, 0.4) is 0 Å². The van der Waals surface area contributed by atoms with Crippen LogP contribution in [0.4, 0.5) is 5.69 Å². The van der Waals surface area contributed by atoms with Gasteiger partial charge in [-0.3, -0.25) is 9.59 Å². The third kappa shape index (κ3) is 5.89. The van der Waals surface area contributed by atoms with Crippen molar-refractivity contribution in [3.63, 3.8) is 0 Å². The molecule has 0 bridgehead atoms. The monoisotopic (exact) mass is 538 g/mol. The second kappa shape index (κ2) is 11.1. The van der Waals surface area contributed by atoms with Crippen LogP contribution in [-0.4, -0.2) is 36.1 Å². The first-order valence-corrected chi connectivity index (χ1v) is 12.8. The molecule has 8 heteroatoms. The van der Waals surface area contributed by atoms with E-state index >= 15 is 0 Å². The highest BCUT2D eigenvalue weighted by atomic mass is 16.5. The van der Waals surface area contributed by atoms with Crippen LogP contribution in [0.2, 0.25) is 0 Å². The molecule has 2 aromatic rings. The number of carboxylic acids is 1. The molecule has 4 rings (SSSR count). The SMILES string of the molecule is CN(C)c1ccc(C2=CC(=CC3=C(O)C(=C(C#N)c4cc[n+](CCC(=O)O)cc4)C3=O)C=C(C(C)(C)C)O2)cc1. The third-order valence-corrected chi connectivity index (χ3v) is 6.62. The number of anilines is 1. The highest BCUT2D eigenvalue weighted by Gasteiger charge is 2.36. The predicted octanol–water partition coefficient (Wildman–Crippen LogP) is 5.11. The largest absolute Gasteiger partial charge is 0.506 e. The Morgan fingerprint density at radius 1 is 1.10 bits per heavy atom. The Morgan fingerprint density at radius 2 is 1.75 bits per heavy atom. The molecule has 2 heterocycles. The van der Waals surface area contributed by atoms with Crippen molar-refractivity contribution in [3.8, 4) is 6.07 Å². The predicted molar refractivity (Wildman–Crippen MR) is 152 cm³/mol. The molecule has 0 radical (unpaired) electrons. The molecular weight excluding hydrogens is 506 g/mol. The summed E-state index contributed by atoms with van der Waals surface area (Å²) in [5.41, 5.74) is 2.92. The van der Waals surface area contributed by atoms with Gasteiger partial charge in [-0.05, 0) is 48.1 Å². The Labute approximate surface area is 233 Å². The molecule has 2 aliphatic rings. The molecule has 40 heavy (non-hydrogen) atoms. The van der Waals surface area contributed by atoms with Crippen LogP contribution in [0.25, 0.3) is 11.3 Å². The lowest BCUT2D eigenvalue weighted by Gasteiger charge is -2.28. The number of Topliss-reactive ketones (excluding diaryl/α,β-unsaturated/α-hetero) is 1. The summed E-state index contributed by atoms with van der Waals surface area (Å²) in [6.07, 6.45) is 8.54. The van der Waals surface area contributed by atoms with Gasteiger partial charge in [0, 0.05) is 48.5 Å². The molecule has 204 valence electrons. The number of carbonyl (C=O) groups is 2. The fraction of sp³-hybridized carbons (Fsp3) is 0.250. The van der Waals surface area contributed by atoms with E-state index in [1.807, 2.05) is 82.3 Å². The summed E-state index contributed by atoms with van der Waals surface area (Å²) in [4.78, 5) is 26.0. The van der Waals surface area contributed by atoms with Crippen molar-refractivity contribution >= 4 is 28.8 Å². The average molecular weight is 539 g/mol. The molecule has 0 saturated heterocycles. The van der Waals surface area contributed by atoms with Gasteiger partial charge in [-0.25, -0.2) is 4.57 Å². The smallest absolute Gasteiger partial charge is 0.309 e. The maximum Gasteiger partial charge on any atom is 0.309 e. The van der Waals surface area contributed by atoms with Gasteiger partial charge in [0.05, 0.1) is 16.7 Å². The van der Waals surface area contributed by atoms with Gasteiger partial charge >= 0.3 is 5.97 Å². The van der Waals surface area contributed by atoms with E-state index in [9.17, 15) is 20.0 Å². The van der Waals surface area contributed by atoms with Crippen molar-refractivity contribution in [2.75, 3.05) is 19.0 Å². The van der Waals surface area contributed by atoms with Gasteiger partial charge in [-0.1, -0.05) is 20.8 Å². The van der Waals surface area contributed by atoms with Crippen LogP contribution in [0.5, 0.6) is 0 Å². The number of aliphatic carboxylic acids is 1. The number of benzene rings is 1. The first-order valence-electron chi connectivity index (χ1n) is 12.8. The number of rotatable bonds is 7. The van der Waals surface area contributed by atoms with Crippen LogP contribution >= 0.6 is 0 Å². The van der Waals surface area contributed by atoms with Crippen molar-refractivity contribution in [1.29, 1.82) is 5.26 Å². The van der Waals surface area contributed by atoms with Gasteiger partial charge in [-0.15, -0.1) is 0 Å². The number of aromatic nitrogens is 1. The summed E-state index contributed by atoms with van der Waals surface area (Å²) in [6, 6.07) is 13.2. The Hall–Kier alpha value is -4.90. The van der Waals surface area contributed by atoms with E-state index in [0.29, 0.717) is 22.7 Å². The summed E-state index contributed by atoms with van der Waals surface area (Å²) < 4.78 is 7.92. The van der Waals surface area contributed by atoms with Crippen molar-refractivity contribution in [2.45, 2.75) is 33.7 Å². The number of aliphatic hydroxyl groups is 1. The van der Waals surface area contributed by atoms with Crippen molar-refractivity contribution in [3.05, 3.63) is 106 Å². The van der Waals surface area contributed by atoms with E-state index in [0.717, 1.165) is 11.3 Å². The normalized spacial score (nSPS) is 17.4. The number of aryl methyl sites for hydroxylation is 1. The van der Waals surface area contributed by atoms with E-state index in [4.69, 9.17) is 9.84 Å². The first kappa shape index (κ1) is 28.1.